The van der Waals surface area contributed by atoms with Gasteiger partial charge in [0.1, 0.15) is 5.69 Å². The monoisotopic (exact) mass is 358 g/mol. The van der Waals surface area contributed by atoms with E-state index in [-0.39, 0.29) is 5.91 Å². The summed E-state index contributed by atoms with van der Waals surface area (Å²) >= 11 is 0. The van der Waals surface area contributed by atoms with Crippen LogP contribution >= 0.6 is 0 Å². The van der Waals surface area contributed by atoms with Crippen LogP contribution in [0.15, 0.2) is 67.0 Å². The van der Waals surface area contributed by atoms with Crippen molar-refractivity contribution < 1.29 is 4.79 Å². The fraction of sp³-hybridized carbons (Fsp3) is 0.227. The summed E-state index contributed by atoms with van der Waals surface area (Å²) in [5.74, 6) is 0.590. The highest BCUT2D eigenvalue weighted by Crippen LogP contribution is 2.31. The van der Waals surface area contributed by atoms with Gasteiger partial charge in [0.25, 0.3) is 5.91 Å². The van der Waals surface area contributed by atoms with Crippen molar-refractivity contribution in [2.45, 2.75) is 19.3 Å². The number of aryl methyl sites for hydroxylation is 1. The van der Waals surface area contributed by atoms with Gasteiger partial charge in [-0.3, -0.25) is 4.79 Å². The van der Waals surface area contributed by atoms with Crippen molar-refractivity contribution in [1.82, 2.24) is 15.3 Å². The van der Waals surface area contributed by atoms with Gasteiger partial charge in [-0.15, -0.1) is 0 Å². The minimum atomic E-state index is -0.191. The number of aromatic nitrogens is 2. The summed E-state index contributed by atoms with van der Waals surface area (Å²) in [7, 11) is 0. The largest absolute Gasteiger partial charge is 0.350 e. The molecule has 0 radical (unpaired) electrons. The van der Waals surface area contributed by atoms with Crippen molar-refractivity contribution in [2.75, 3.05) is 18.0 Å². The number of nitrogens with zero attached hydrogens (tertiary/aromatic N) is 3. The Balaban J connectivity index is 1.40. The summed E-state index contributed by atoms with van der Waals surface area (Å²) in [4.78, 5) is 23.3. The Hall–Kier alpha value is -3.21. The molecule has 0 atom stereocenters. The van der Waals surface area contributed by atoms with Crippen molar-refractivity contribution in [3.05, 3.63) is 83.8 Å². The van der Waals surface area contributed by atoms with Crippen molar-refractivity contribution in [2.24, 2.45) is 0 Å². The maximum atomic E-state index is 12.3. The molecule has 0 saturated carbocycles. The lowest BCUT2D eigenvalue weighted by atomic mass is 10.0. The Labute approximate surface area is 159 Å². The zero-order valence-corrected chi connectivity index (χ0v) is 15.1. The molecular weight excluding hydrogens is 336 g/mol. The average Bonchev–Trinajstić information content (AvgIpc) is 2.74. The highest BCUT2D eigenvalue weighted by atomic mass is 16.1. The van der Waals surface area contributed by atoms with Gasteiger partial charge in [-0.2, -0.15) is 0 Å². The van der Waals surface area contributed by atoms with Crippen molar-refractivity contribution >= 4 is 17.4 Å². The molecule has 3 aromatic rings. The van der Waals surface area contributed by atoms with Gasteiger partial charge in [0.2, 0.25) is 0 Å². The van der Waals surface area contributed by atoms with Crippen LogP contribution in [0, 0.1) is 0 Å². The Bertz CT molecular complexity index is 909. The molecule has 0 fully saturated rings. The highest BCUT2D eigenvalue weighted by Gasteiger charge is 2.19. The minimum Gasteiger partial charge on any atom is -0.350 e. The van der Waals surface area contributed by atoms with E-state index in [2.05, 4.69) is 50.5 Å². The van der Waals surface area contributed by atoms with Crippen molar-refractivity contribution in [3.63, 3.8) is 0 Å². The Morgan fingerprint density at radius 3 is 2.63 bits per heavy atom. The van der Waals surface area contributed by atoms with E-state index >= 15 is 0 Å². The number of carbonyl (C=O) groups excluding carboxylic acids is 1. The Kier molecular flexibility index (Phi) is 5.10. The number of fused-ring (bicyclic) bond motifs is 1. The molecule has 0 saturated heterocycles. The number of hydrogen-bond donors (Lipinski definition) is 1. The van der Waals surface area contributed by atoms with Gasteiger partial charge >= 0.3 is 0 Å². The summed E-state index contributed by atoms with van der Waals surface area (Å²) in [5.41, 5.74) is 4.05. The number of anilines is 2. The summed E-state index contributed by atoms with van der Waals surface area (Å²) in [5, 5.41) is 2.91. The van der Waals surface area contributed by atoms with E-state index < -0.39 is 0 Å². The molecule has 1 aromatic heterocycles. The molecule has 5 nitrogen and oxygen atoms in total. The zero-order chi connectivity index (χ0) is 18.5. The molecule has 5 heteroatoms. The van der Waals surface area contributed by atoms with Crippen LogP contribution < -0.4 is 10.2 Å². The third-order valence-electron chi connectivity index (χ3n) is 4.80. The summed E-state index contributed by atoms with van der Waals surface area (Å²) in [6.07, 6.45) is 6.21. The van der Waals surface area contributed by atoms with Crippen molar-refractivity contribution in [1.29, 1.82) is 0 Å². The van der Waals surface area contributed by atoms with Crippen LogP contribution in [-0.4, -0.2) is 29.0 Å². The molecule has 136 valence electrons. The normalized spacial score (nSPS) is 13.1. The molecule has 0 bridgehead atoms. The maximum absolute atomic E-state index is 12.3. The molecule has 2 heterocycles. The first-order valence-corrected chi connectivity index (χ1v) is 9.31. The number of para-hydroxylation sites is 1. The fourth-order valence-corrected chi connectivity index (χ4v) is 3.41. The average molecular weight is 358 g/mol. The molecule has 1 N–H and O–H groups in total. The van der Waals surface area contributed by atoms with Gasteiger partial charge in [0, 0.05) is 18.8 Å². The molecule has 0 spiro atoms. The van der Waals surface area contributed by atoms with E-state index in [0.717, 1.165) is 31.6 Å². The molecule has 1 amide bonds. The Morgan fingerprint density at radius 1 is 1.00 bits per heavy atom. The summed E-state index contributed by atoms with van der Waals surface area (Å²) < 4.78 is 0. The first-order valence-electron chi connectivity index (χ1n) is 9.31. The third kappa shape index (κ3) is 3.97. The Morgan fingerprint density at radius 2 is 1.81 bits per heavy atom. The standard InChI is InChI=1S/C22H22N4O/c27-22(23-13-12-17-7-2-1-3-8-17)19-15-25-21(16-24-19)26-14-6-10-18-9-4-5-11-20(18)26/h1-5,7-9,11,15-16H,6,10,12-14H2,(H,23,27). The summed E-state index contributed by atoms with van der Waals surface area (Å²) in [6, 6.07) is 18.5. The van der Waals surface area contributed by atoms with Gasteiger partial charge in [0.05, 0.1) is 12.4 Å². The molecule has 1 aliphatic heterocycles. The number of carbonyl (C=O) groups is 1. The third-order valence-corrected chi connectivity index (χ3v) is 4.80. The predicted octanol–water partition coefficient (Wildman–Crippen LogP) is 3.53. The van der Waals surface area contributed by atoms with Crippen LogP contribution in [0.4, 0.5) is 11.5 Å². The number of rotatable bonds is 5. The topological polar surface area (TPSA) is 58.1 Å². The number of amides is 1. The van der Waals surface area contributed by atoms with Crippen LogP contribution in [0.5, 0.6) is 0 Å². The van der Waals surface area contributed by atoms with Crippen molar-refractivity contribution in [3.8, 4) is 0 Å². The second kappa shape index (κ2) is 7.99. The van der Waals surface area contributed by atoms with E-state index in [1.165, 1.54) is 16.8 Å². The molecule has 1 aliphatic rings. The minimum absolute atomic E-state index is 0.191. The second-order valence-corrected chi connectivity index (χ2v) is 6.64. The smallest absolute Gasteiger partial charge is 0.271 e. The molecular formula is C22H22N4O. The summed E-state index contributed by atoms with van der Waals surface area (Å²) in [6.45, 7) is 1.49. The lowest BCUT2D eigenvalue weighted by Gasteiger charge is -2.30. The molecule has 0 unspecified atom stereocenters. The predicted molar refractivity (Wildman–Crippen MR) is 106 cm³/mol. The highest BCUT2D eigenvalue weighted by molar-refractivity contribution is 5.92. The lowest BCUT2D eigenvalue weighted by Crippen LogP contribution is -2.28. The van der Waals surface area contributed by atoms with Crippen LogP contribution in [0.3, 0.4) is 0 Å². The lowest BCUT2D eigenvalue weighted by molar-refractivity contribution is 0.0949. The molecule has 2 aromatic carbocycles. The number of benzene rings is 2. The van der Waals surface area contributed by atoms with Crippen LogP contribution in [0.25, 0.3) is 0 Å². The van der Waals surface area contributed by atoms with Gasteiger partial charge in [-0.25, -0.2) is 9.97 Å². The molecule has 27 heavy (non-hydrogen) atoms. The van der Waals surface area contributed by atoms with Gasteiger partial charge in [-0.1, -0.05) is 48.5 Å². The van der Waals surface area contributed by atoms with Gasteiger partial charge in [0.15, 0.2) is 5.82 Å². The van der Waals surface area contributed by atoms with E-state index in [9.17, 15) is 4.79 Å². The first kappa shape index (κ1) is 17.2. The van der Waals surface area contributed by atoms with Gasteiger partial charge in [-0.05, 0) is 36.5 Å². The number of nitrogens with one attached hydrogen (secondary N) is 1. The van der Waals surface area contributed by atoms with E-state index in [4.69, 9.17) is 0 Å². The van der Waals surface area contributed by atoms with Crippen LogP contribution in [0.1, 0.15) is 28.0 Å². The molecule has 4 rings (SSSR count). The van der Waals surface area contributed by atoms with Crippen LogP contribution in [-0.2, 0) is 12.8 Å². The maximum Gasteiger partial charge on any atom is 0.271 e. The van der Waals surface area contributed by atoms with Crippen LogP contribution in [0.2, 0.25) is 0 Å². The first-order chi connectivity index (χ1) is 13.3. The zero-order valence-electron chi connectivity index (χ0n) is 15.1. The molecule has 0 aliphatic carbocycles. The quantitative estimate of drug-likeness (QED) is 0.758. The van der Waals surface area contributed by atoms with E-state index in [1.807, 2.05) is 24.3 Å². The fourth-order valence-electron chi connectivity index (χ4n) is 3.41. The second-order valence-electron chi connectivity index (χ2n) is 6.64. The number of hydrogen-bond acceptors (Lipinski definition) is 4. The van der Waals surface area contributed by atoms with E-state index in [1.54, 1.807) is 12.4 Å². The van der Waals surface area contributed by atoms with Gasteiger partial charge < -0.3 is 10.2 Å². The SMILES string of the molecule is O=C(NCCc1ccccc1)c1cnc(N2CCCc3ccccc32)cn1. The van der Waals surface area contributed by atoms with E-state index in [0.29, 0.717) is 12.2 Å².